The lowest BCUT2D eigenvalue weighted by atomic mass is 10.2. The molecule has 10 heteroatoms. The van der Waals surface area contributed by atoms with Crippen molar-refractivity contribution in [2.45, 2.75) is 57.5 Å². The predicted octanol–water partition coefficient (Wildman–Crippen LogP) is 0.423. The molecule has 0 radical (unpaired) electrons. The van der Waals surface area contributed by atoms with Crippen molar-refractivity contribution >= 4 is 18.0 Å². The summed E-state index contributed by atoms with van der Waals surface area (Å²) in [6.45, 7) is 7.74. The SMILES string of the molecule is CO[C@H]1CN(C(=O)OC(C)(C)C)CC1NC(=NCC(=O)N(C)C)NCC1CCCO1. The molecule has 0 aliphatic carbocycles. The first kappa shape index (κ1) is 24.2. The van der Waals surface area contributed by atoms with Crippen LogP contribution in [0, 0.1) is 0 Å². The smallest absolute Gasteiger partial charge is 0.410 e. The van der Waals surface area contributed by atoms with Crippen LogP contribution in [0.15, 0.2) is 4.99 Å². The van der Waals surface area contributed by atoms with Gasteiger partial charge in [-0.1, -0.05) is 0 Å². The van der Waals surface area contributed by atoms with Gasteiger partial charge in [0, 0.05) is 40.9 Å². The van der Waals surface area contributed by atoms with E-state index in [2.05, 4.69) is 15.6 Å². The summed E-state index contributed by atoms with van der Waals surface area (Å²) in [4.78, 5) is 32.0. The first-order valence-corrected chi connectivity index (χ1v) is 10.5. The van der Waals surface area contributed by atoms with E-state index in [9.17, 15) is 9.59 Å². The Bertz CT molecular complexity index is 613. The second-order valence-corrected chi connectivity index (χ2v) is 8.88. The van der Waals surface area contributed by atoms with E-state index in [0.29, 0.717) is 25.6 Å². The average molecular weight is 428 g/mol. The molecule has 2 N–H and O–H groups in total. The molecule has 0 aromatic rings. The number of carbonyl (C=O) groups is 2. The van der Waals surface area contributed by atoms with Crippen LogP contribution < -0.4 is 10.6 Å². The number of methoxy groups -OCH3 is 1. The number of nitrogens with one attached hydrogen (secondary N) is 2. The minimum absolute atomic E-state index is 0.0218. The second kappa shape index (κ2) is 10.8. The number of guanidine groups is 1. The Kier molecular flexibility index (Phi) is 8.72. The van der Waals surface area contributed by atoms with Gasteiger partial charge < -0.3 is 34.6 Å². The van der Waals surface area contributed by atoms with Crippen molar-refractivity contribution in [3.8, 4) is 0 Å². The highest BCUT2D eigenvalue weighted by atomic mass is 16.6. The average Bonchev–Trinajstić information content (AvgIpc) is 3.31. The summed E-state index contributed by atoms with van der Waals surface area (Å²) in [6.07, 6.45) is 1.57. The normalized spacial score (nSPS) is 24.7. The molecular formula is C20H37N5O5. The molecule has 30 heavy (non-hydrogen) atoms. The number of hydrogen-bond acceptors (Lipinski definition) is 6. The first-order valence-electron chi connectivity index (χ1n) is 10.5. The van der Waals surface area contributed by atoms with Crippen LogP contribution in [-0.4, -0.2) is 106 Å². The van der Waals surface area contributed by atoms with E-state index in [1.54, 1.807) is 26.1 Å². The number of amides is 2. The third-order valence-corrected chi connectivity index (χ3v) is 4.94. The Balaban J connectivity index is 2.02. The fourth-order valence-electron chi connectivity index (χ4n) is 3.26. The van der Waals surface area contributed by atoms with Crippen LogP contribution >= 0.6 is 0 Å². The van der Waals surface area contributed by atoms with Crippen LogP contribution in [0.1, 0.15) is 33.6 Å². The second-order valence-electron chi connectivity index (χ2n) is 8.88. The molecule has 0 aromatic heterocycles. The van der Waals surface area contributed by atoms with Crippen LogP contribution in [-0.2, 0) is 19.0 Å². The zero-order valence-electron chi connectivity index (χ0n) is 19.1. The van der Waals surface area contributed by atoms with Gasteiger partial charge >= 0.3 is 6.09 Å². The van der Waals surface area contributed by atoms with Crippen molar-refractivity contribution in [2.75, 3.05) is 54.0 Å². The molecule has 10 nitrogen and oxygen atoms in total. The van der Waals surface area contributed by atoms with E-state index >= 15 is 0 Å². The summed E-state index contributed by atoms with van der Waals surface area (Å²) < 4.78 is 16.7. The van der Waals surface area contributed by atoms with Gasteiger partial charge in [-0.15, -0.1) is 0 Å². The molecule has 2 saturated heterocycles. The van der Waals surface area contributed by atoms with E-state index in [0.717, 1.165) is 19.4 Å². The topological polar surface area (TPSA) is 105 Å². The van der Waals surface area contributed by atoms with Gasteiger partial charge in [0.25, 0.3) is 0 Å². The summed E-state index contributed by atoms with van der Waals surface area (Å²) >= 11 is 0. The molecule has 2 aliphatic rings. The number of aliphatic imine (C=N–C) groups is 1. The lowest BCUT2D eigenvalue weighted by molar-refractivity contribution is -0.127. The molecule has 2 amide bonds. The number of ether oxygens (including phenoxy) is 3. The van der Waals surface area contributed by atoms with Crippen molar-refractivity contribution in [2.24, 2.45) is 4.99 Å². The van der Waals surface area contributed by atoms with Crippen LogP contribution in [0.2, 0.25) is 0 Å². The number of likely N-dealkylation sites (N-methyl/N-ethyl adjacent to an activating group) is 1. The number of likely N-dealkylation sites (tertiary alicyclic amines) is 1. The summed E-state index contributed by atoms with van der Waals surface area (Å²) in [5.74, 6) is 0.400. The summed E-state index contributed by atoms with van der Waals surface area (Å²) in [7, 11) is 5.01. The van der Waals surface area contributed by atoms with Gasteiger partial charge in [-0.05, 0) is 33.6 Å². The van der Waals surface area contributed by atoms with Crippen molar-refractivity contribution in [3.05, 3.63) is 0 Å². The Hall–Kier alpha value is -2.07. The third-order valence-electron chi connectivity index (χ3n) is 4.94. The van der Waals surface area contributed by atoms with Crippen LogP contribution in [0.5, 0.6) is 0 Å². The standard InChI is InChI=1S/C20H37N5O5/c1-20(2,3)30-19(27)25-12-15(16(13-25)28-6)23-18(22-11-17(26)24(4)5)21-10-14-8-7-9-29-14/h14-16H,7-13H2,1-6H3,(H2,21,22,23)/t14?,15?,16-/m0/s1. The molecule has 0 saturated carbocycles. The minimum atomic E-state index is -0.562. The maximum absolute atomic E-state index is 12.5. The van der Waals surface area contributed by atoms with Gasteiger partial charge in [-0.2, -0.15) is 0 Å². The first-order chi connectivity index (χ1) is 14.1. The Morgan fingerprint density at radius 3 is 2.57 bits per heavy atom. The van der Waals surface area contributed by atoms with Gasteiger partial charge in [0.2, 0.25) is 5.91 Å². The van der Waals surface area contributed by atoms with Gasteiger partial charge in [0.1, 0.15) is 12.1 Å². The molecule has 0 spiro atoms. The number of hydrogen-bond donors (Lipinski definition) is 2. The van der Waals surface area contributed by atoms with Crippen molar-refractivity contribution in [1.29, 1.82) is 0 Å². The maximum atomic E-state index is 12.5. The zero-order valence-corrected chi connectivity index (χ0v) is 19.1. The van der Waals surface area contributed by atoms with Gasteiger partial charge in [-0.3, -0.25) is 4.79 Å². The summed E-state index contributed by atoms with van der Waals surface area (Å²) in [5, 5.41) is 6.58. The third kappa shape index (κ3) is 7.64. The molecule has 3 atom stereocenters. The Morgan fingerprint density at radius 2 is 2.00 bits per heavy atom. The van der Waals surface area contributed by atoms with Crippen molar-refractivity contribution < 1.29 is 23.8 Å². The molecule has 0 aromatic carbocycles. The van der Waals surface area contributed by atoms with E-state index in [1.165, 1.54) is 4.90 Å². The maximum Gasteiger partial charge on any atom is 0.410 e. The number of nitrogens with zero attached hydrogens (tertiary/aromatic N) is 3. The molecule has 2 unspecified atom stereocenters. The van der Waals surface area contributed by atoms with Crippen molar-refractivity contribution in [3.63, 3.8) is 0 Å². The number of rotatable bonds is 6. The Morgan fingerprint density at radius 1 is 1.27 bits per heavy atom. The molecule has 2 aliphatic heterocycles. The monoisotopic (exact) mass is 427 g/mol. The molecular weight excluding hydrogens is 390 g/mol. The highest BCUT2D eigenvalue weighted by molar-refractivity contribution is 5.85. The van der Waals surface area contributed by atoms with Crippen LogP contribution in [0.25, 0.3) is 0 Å². The lowest BCUT2D eigenvalue weighted by Gasteiger charge is -2.24. The fourth-order valence-corrected chi connectivity index (χ4v) is 3.26. The minimum Gasteiger partial charge on any atom is -0.444 e. The van der Waals surface area contributed by atoms with Crippen molar-refractivity contribution in [1.82, 2.24) is 20.4 Å². The van der Waals surface area contributed by atoms with Gasteiger partial charge in [0.15, 0.2) is 5.96 Å². The van der Waals surface area contributed by atoms with Crippen LogP contribution in [0.3, 0.4) is 0 Å². The highest BCUT2D eigenvalue weighted by Gasteiger charge is 2.38. The largest absolute Gasteiger partial charge is 0.444 e. The molecule has 2 rings (SSSR count). The van der Waals surface area contributed by atoms with Gasteiger partial charge in [0.05, 0.1) is 24.8 Å². The highest BCUT2D eigenvalue weighted by Crippen LogP contribution is 2.17. The molecule has 172 valence electrons. The van der Waals surface area contributed by atoms with Crippen LogP contribution in [0.4, 0.5) is 4.79 Å². The summed E-state index contributed by atoms with van der Waals surface area (Å²) in [6, 6.07) is -0.187. The fraction of sp³-hybridized carbons (Fsp3) is 0.850. The van der Waals surface area contributed by atoms with E-state index in [4.69, 9.17) is 14.2 Å². The predicted molar refractivity (Wildman–Crippen MR) is 114 cm³/mol. The Labute approximate surface area is 179 Å². The lowest BCUT2D eigenvalue weighted by Crippen LogP contribution is -2.50. The number of carbonyl (C=O) groups excluding carboxylic acids is 2. The van der Waals surface area contributed by atoms with Gasteiger partial charge in [-0.25, -0.2) is 9.79 Å². The van der Waals surface area contributed by atoms with E-state index < -0.39 is 5.60 Å². The van der Waals surface area contributed by atoms with E-state index in [1.807, 2.05) is 20.8 Å². The zero-order chi connectivity index (χ0) is 22.3. The summed E-state index contributed by atoms with van der Waals surface area (Å²) in [5.41, 5.74) is -0.562. The van der Waals surface area contributed by atoms with E-state index in [-0.39, 0.29) is 36.8 Å². The molecule has 0 bridgehead atoms. The molecule has 2 heterocycles. The molecule has 2 fully saturated rings. The quantitative estimate of drug-likeness (QED) is 0.468.